The summed E-state index contributed by atoms with van der Waals surface area (Å²) in [5, 5.41) is 0. The third kappa shape index (κ3) is 3.29. The zero-order chi connectivity index (χ0) is 13.8. The first-order chi connectivity index (χ1) is 9.10. The van der Waals surface area contributed by atoms with E-state index in [-0.39, 0.29) is 11.7 Å². The molecule has 1 aromatic carbocycles. The van der Waals surface area contributed by atoms with Gasteiger partial charge in [-0.15, -0.1) is 0 Å². The predicted molar refractivity (Wildman–Crippen MR) is 72.3 cm³/mol. The molecule has 0 bridgehead atoms. The lowest BCUT2D eigenvalue weighted by Gasteiger charge is -2.07. The molecule has 19 heavy (non-hydrogen) atoms. The summed E-state index contributed by atoms with van der Waals surface area (Å²) < 4.78 is 11.1. The third-order valence-corrected chi connectivity index (χ3v) is 3.24. The average molecular weight is 323 g/mol. The lowest BCUT2D eigenvalue weighted by Crippen LogP contribution is -2.07. The fourth-order valence-corrected chi connectivity index (χ4v) is 1.64. The van der Waals surface area contributed by atoms with E-state index in [4.69, 9.17) is 4.74 Å². The summed E-state index contributed by atoms with van der Waals surface area (Å²) in [6, 6.07) is 7.12. The highest BCUT2D eigenvalue weighted by molar-refractivity contribution is 9.10. The molecule has 0 amide bonds. The van der Waals surface area contributed by atoms with Crippen LogP contribution in [0.2, 0.25) is 0 Å². The summed E-state index contributed by atoms with van der Waals surface area (Å²) >= 11 is 3.41. The Hall–Kier alpha value is -1.95. The van der Waals surface area contributed by atoms with Crippen LogP contribution >= 0.6 is 15.9 Å². The molecule has 0 N–H and O–H groups in total. The van der Waals surface area contributed by atoms with Crippen molar-refractivity contribution in [2.24, 2.45) is 0 Å². The normalized spacial score (nSPS) is 10.1. The van der Waals surface area contributed by atoms with Gasteiger partial charge in [-0.25, -0.2) is 9.78 Å². The van der Waals surface area contributed by atoms with Gasteiger partial charge in [0, 0.05) is 16.7 Å². The number of benzene rings is 1. The van der Waals surface area contributed by atoms with Gasteiger partial charge in [-0.3, -0.25) is 0 Å². The van der Waals surface area contributed by atoms with E-state index in [1.807, 2.05) is 19.1 Å². The molecule has 0 aliphatic rings. The van der Waals surface area contributed by atoms with Crippen LogP contribution in [0.3, 0.4) is 0 Å². The summed E-state index contributed by atoms with van der Waals surface area (Å²) in [6.45, 7) is 1.96. The molecule has 0 saturated carbocycles. The maximum Gasteiger partial charge on any atom is 0.376 e. The number of halogens is 1. The molecule has 0 spiro atoms. The van der Waals surface area contributed by atoms with Crippen LogP contribution in [0.5, 0.6) is 11.6 Å². The van der Waals surface area contributed by atoms with Crippen LogP contribution in [0.15, 0.2) is 34.9 Å². The summed E-state index contributed by atoms with van der Waals surface area (Å²) in [6.07, 6.45) is 1.44. The monoisotopic (exact) mass is 322 g/mol. The Balaban J connectivity index is 2.23. The SMILES string of the molecule is COC(=O)c1nccc(Oc2ccc(Br)c(C)c2)n1. The highest BCUT2D eigenvalue weighted by atomic mass is 79.9. The first kappa shape index (κ1) is 13.5. The average Bonchev–Trinajstić information content (AvgIpc) is 2.42. The van der Waals surface area contributed by atoms with Crippen molar-refractivity contribution in [2.45, 2.75) is 6.92 Å². The van der Waals surface area contributed by atoms with Gasteiger partial charge in [0.15, 0.2) is 0 Å². The zero-order valence-electron chi connectivity index (χ0n) is 10.4. The van der Waals surface area contributed by atoms with Crippen LogP contribution in [0.25, 0.3) is 0 Å². The number of rotatable bonds is 3. The largest absolute Gasteiger partial charge is 0.463 e. The highest BCUT2D eigenvalue weighted by Gasteiger charge is 2.10. The Labute approximate surface area is 118 Å². The molecular weight excluding hydrogens is 312 g/mol. The molecule has 98 valence electrons. The van der Waals surface area contributed by atoms with Crippen LogP contribution in [-0.2, 0) is 4.74 Å². The lowest BCUT2D eigenvalue weighted by molar-refractivity contribution is 0.0585. The van der Waals surface area contributed by atoms with Crippen LogP contribution < -0.4 is 4.74 Å². The summed E-state index contributed by atoms with van der Waals surface area (Å²) in [7, 11) is 1.28. The zero-order valence-corrected chi connectivity index (χ0v) is 12.0. The van der Waals surface area contributed by atoms with Crippen molar-refractivity contribution in [1.29, 1.82) is 0 Å². The van der Waals surface area contributed by atoms with Crippen LogP contribution in [0.1, 0.15) is 16.2 Å². The molecule has 0 aliphatic heterocycles. The van der Waals surface area contributed by atoms with Gasteiger partial charge < -0.3 is 9.47 Å². The van der Waals surface area contributed by atoms with Gasteiger partial charge in [0.25, 0.3) is 0 Å². The fraction of sp³-hybridized carbons (Fsp3) is 0.154. The van der Waals surface area contributed by atoms with Crippen molar-refractivity contribution in [3.05, 3.63) is 46.3 Å². The van der Waals surface area contributed by atoms with E-state index in [0.29, 0.717) is 5.75 Å². The molecule has 6 heteroatoms. The minimum Gasteiger partial charge on any atom is -0.463 e. The van der Waals surface area contributed by atoms with Gasteiger partial charge >= 0.3 is 5.97 Å². The minimum atomic E-state index is -0.600. The predicted octanol–water partition coefficient (Wildman–Crippen LogP) is 3.13. The standard InChI is InChI=1S/C13H11BrN2O3/c1-8-7-9(3-4-10(8)14)19-11-5-6-15-12(16-11)13(17)18-2/h3-7H,1-2H3. The number of ether oxygens (including phenoxy) is 2. The topological polar surface area (TPSA) is 61.3 Å². The molecule has 0 radical (unpaired) electrons. The Morgan fingerprint density at radius 1 is 1.32 bits per heavy atom. The maximum atomic E-state index is 11.3. The van der Waals surface area contributed by atoms with Gasteiger partial charge in [-0.2, -0.15) is 4.98 Å². The molecule has 0 atom stereocenters. The number of aromatic nitrogens is 2. The third-order valence-electron chi connectivity index (χ3n) is 2.35. The van der Waals surface area contributed by atoms with Crippen molar-refractivity contribution in [2.75, 3.05) is 7.11 Å². The molecule has 0 fully saturated rings. The summed E-state index contributed by atoms with van der Waals surface area (Å²) in [5.74, 6) is 0.290. The Morgan fingerprint density at radius 3 is 2.79 bits per heavy atom. The Morgan fingerprint density at radius 2 is 2.11 bits per heavy atom. The second-order valence-electron chi connectivity index (χ2n) is 3.72. The van der Waals surface area contributed by atoms with Crippen LogP contribution in [-0.4, -0.2) is 23.0 Å². The minimum absolute atomic E-state index is 0.0335. The van der Waals surface area contributed by atoms with Crippen molar-refractivity contribution >= 4 is 21.9 Å². The van der Waals surface area contributed by atoms with E-state index in [9.17, 15) is 4.79 Å². The number of carbonyl (C=O) groups excluding carboxylic acids is 1. The molecule has 0 saturated heterocycles. The van der Waals surface area contributed by atoms with Crippen molar-refractivity contribution in [3.8, 4) is 11.6 Å². The van der Waals surface area contributed by atoms with Crippen LogP contribution in [0.4, 0.5) is 0 Å². The number of esters is 1. The van der Waals surface area contributed by atoms with Gasteiger partial charge in [0.2, 0.25) is 11.7 Å². The lowest BCUT2D eigenvalue weighted by atomic mass is 10.2. The number of carbonyl (C=O) groups is 1. The van der Waals surface area contributed by atoms with Gasteiger partial charge in [-0.1, -0.05) is 15.9 Å². The Bertz CT molecular complexity index is 617. The molecule has 0 unspecified atom stereocenters. The summed E-state index contributed by atoms with van der Waals surface area (Å²) in [5.41, 5.74) is 1.04. The second kappa shape index (κ2) is 5.79. The fourth-order valence-electron chi connectivity index (χ4n) is 1.39. The smallest absolute Gasteiger partial charge is 0.376 e. The van der Waals surface area contributed by atoms with E-state index in [2.05, 4.69) is 30.6 Å². The van der Waals surface area contributed by atoms with Gasteiger partial charge in [-0.05, 0) is 30.7 Å². The van der Waals surface area contributed by atoms with Gasteiger partial charge in [0.1, 0.15) is 5.75 Å². The number of nitrogens with zero attached hydrogens (tertiary/aromatic N) is 2. The maximum absolute atomic E-state index is 11.3. The highest BCUT2D eigenvalue weighted by Crippen LogP contribution is 2.25. The molecule has 1 heterocycles. The van der Waals surface area contributed by atoms with Crippen molar-refractivity contribution in [3.63, 3.8) is 0 Å². The quantitative estimate of drug-likeness (QED) is 0.812. The molecule has 2 rings (SSSR count). The molecule has 2 aromatic rings. The van der Waals surface area contributed by atoms with E-state index in [1.165, 1.54) is 13.3 Å². The molecule has 0 aliphatic carbocycles. The number of hydrogen-bond acceptors (Lipinski definition) is 5. The molecular formula is C13H11BrN2O3. The van der Waals surface area contributed by atoms with Crippen molar-refractivity contribution < 1.29 is 14.3 Å². The van der Waals surface area contributed by atoms with Crippen molar-refractivity contribution in [1.82, 2.24) is 9.97 Å². The first-order valence-electron chi connectivity index (χ1n) is 5.45. The number of methoxy groups -OCH3 is 1. The molecule has 1 aromatic heterocycles. The number of aryl methyl sites for hydroxylation is 1. The van der Waals surface area contributed by atoms with E-state index in [1.54, 1.807) is 12.1 Å². The van der Waals surface area contributed by atoms with E-state index >= 15 is 0 Å². The Kier molecular flexibility index (Phi) is 4.11. The first-order valence-corrected chi connectivity index (χ1v) is 6.25. The van der Waals surface area contributed by atoms with Gasteiger partial charge in [0.05, 0.1) is 7.11 Å². The summed E-state index contributed by atoms with van der Waals surface area (Å²) in [4.78, 5) is 19.1. The molecule has 5 nitrogen and oxygen atoms in total. The van der Waals surface area contributed by atoms with E-state index in [0.717, 1.165) is 10.0 Å². The van der Waals surface area contributed by atoms with E-state index < -0.39 is 5.97 Å². The second-order valence-corrected chi connectivity index (χ2v) is 4.58. The number of hydrogen-bond donors (Lipinski definition) is 0. The van der Waals surface area contributed by atoms with Crippen LogP contribution in [0, 0.1) is 6.92 Å².